The summed E-state index contributed by atoms with van der Waals surface area (Å²) in [5.41, 5.74) is 8.42. The SMILES string of the molecule is CCN(Cc1ccccc1)c1cc(Br)c(F)cc1N. The molecular weight excluding hydrogens is 307 g/mol. The highest BCUT2D eigenvalue weighted by Gasteiger charge is 2.12. The summed E-state index contributed by atoms with van der Waals surface area (Å²) in [4.78, 5) is 2.12. The summed E-state index contributed by atoms with van der Waals surface area (Å²) >= 11 is 3.21. The van der Waals surface area contributed by atoms with Gasteiger partial charge in [0.25, 0.3) is 0 Å². The van der Waals surface area contributed by atoms with Gasteiger partial charge >= 0.3 is 0 Å². The Kier molecular flexibility index (Phi) is 4.43. The normalized spacial score (nSPS) is 10.5. The molecule has 2 aromatic rings. The molecule has 0 aliphatic carbocycles. The van der Waals surface area contributed by atoms with E-state index in [0.717, 1.165) is 18.8 Å². The molecule has 0 aliphatic heterocycles. The quantitative estimate of drug-likeness (QED) is 0.855. The van der Waals surface area contributed by atoms with E-state index in [4.69, 9.17) is 5.73 Å². The minimum absolute atomic E-state index is 0.336. The van der Waals surface area contributed by atoms with E-state index in [1.807, 2.05) is 18.2 Å². The van der Waals surface area contributed by atoms with Crippen LogP contribution in [0.25, 0.3) is 0 Å². The van der Waals surface area contributed by atoms with Crippen molar-refractivity contribution in [2.24, 2.45) is 0 Å². The lowest BCUT2D eigenvalue weighted by molar-refractivity contribution is 0.621. The topological polar surface area (TPSA) is 29.3 Å². The Balaban J connectivity index is 2.30. The van der Waals surface area contributed by atoms with Crippen molar-refractivity contribution in [3.8, 4) is 0 Å². The van der Waals surface area contributed by atoms with E-state index >= 15 is 0 Å². The molecule has 2 aromatic carbocycles. The number of nitrogens with zero attached hydrogens (tertiary/aromatic N) is 1. The molecule has 0 heterocycles. The van der Waals surface area contributed by atoms with Gasteiger partial charge in [-0.25, -0.2) is 4.39 Å². The molecule has 0 spiro atoms. The van der Waals surface area contributed by atoms with Gasteiger partial charge in [0.2, 0.25) is 0 Å². The minimum atomic E-state index is -0.336. The van der Waals surface area contributed by atoms with Crippen molar-refractivity contribution in [1.82, 2.24) is 0 Å². The van der Waals surface area contributed by atoms with Crippen molar-refractivity contribution < 1.29 is 4.39 Å². The van der Waals surface area contributed by atoms with Crippen LogP contribution in [0.15, 0.2) is 46.9 Å². The third-order valence-electron chi connectivity index (χ3n) is 3.01. The summed E-state index contributed by atoms with van der Waals surface area (Å²) in [5, 5.41) is 0. The molecule has 0 radical (unpaired) electrons. The molecular formula is C15H16BrFN2. The Labute approximate surface area is 121 Å². The predicted octanol–water partition coefficient (Wildman–Crippen LogP) is 4.20. The van der Waals surface area contributed by atoms with E-state index in [-0.39, 0.29) is 5.82 Å². The minimum Gasteiger partial charge on any atom is -0.397 e. The van der Waals surface area contributed by atoms with Crippen LogP contribution in [0.2, 0.25) is 0 Å². The highest BCUT2D eigenvalue weighted by Crippen LogP contribution is 2.30. The largest absolute Gasteiger partial charge is 0.397 e. The van der Waals surface area contributed by atoms with Crippen LogP contribution >= 0.6 is 15.9 Å². The summed E-state index contributed by atoms with van der Waals surface area (Å²) in [6.45, 7) is 3.61. The number of hydrogen-bond acceptors (Lipinski definition) is 2. The van der Waals surface area contributed by atoms with Crippen molar-refractivity contribution >= 4 is 27.3 Å². The zero-order valence-electron chi connectivity index (χ0n) is 10.7. The van der Waals surface area contributed by atoms with Gasteiger partial charge in [-0.2, -0.15) is 0 Å². The van der Waals surface area contributed by atoms with Gasteiger partial charge in [0.1, 0.15) is 5.82 Å². The van der Waals surface area contributed by atoms with Crippen molar-refractivity contribution in [3.05, 3.63) is 58.3 Å². The number of rotatable bonds is 4. The van der Waals surface area contributed by atoms with E-state index < -0.39 is 0 Å². The smallest absolute Gasteiger partial charge is 0.139 e. The van der Waals surface area contributed by atoms with Crippen LogP contribution in [0.5, 0.6) is 0 Å². The second-order valence-electron chi connectivity index (χ2n) is 4.32. The average Bonchev–Trinajstić information content (AvgIpc) is 2.42. The van der Waals surface area contributed by atoms with Gasteiger partial charge in [0.05, 0.1) is 15.8 Å². The number of halogens is 2. The van der Waals surface area contributed by atoms with E-state index in [1.54, 1.807) is 6.07 Å². The molecule has 0 unspecified atom stereocenters. The number of nitrogens with two attached hydrogens (primary N) is 1. The fraction of sp³-hybridized carbons (Fsp3) is 0.200. The van der Waals surface area contributed by atoms with Crippen LogP contribution in [-0.4, -0.2) is 6.54 Å². The van der Waals surface area contributed by atoms with Crippen molar-refractivity contribution in [2.45, 2.75) is 13.5 Å². The van der Waals surface area contributed by atoms with E-state index in [0.29, 0.717) is 10.2 Å². The van der Waals surface area contributed by atoms with Gasteiger partial charge in [-0.3, -0.25) is 0 Å². The molecule has 4 heteroatoms. The summed E-state index contributed by atoms with van der Waals surface area (Å²) in [5.74, 6) is -0.336. The monoisotopic (exact) mass is 322 g/mol. The molecule has 0 atom stereocenters. The predicted molar refractivity (Wildman–Crippen MR) is 81.7 cm³/mol. The van der Waals surface area contributed by atoms with Crippen LogP contribution in [0.1, 0.15) is 12.5 Å². The van der Waals surface area contributed by atoms with Crippen molar-refractivity contribution in [1.29, 1.82) is 0 Å². The lowest BCUT2D eigenvalue weighted by Crippen LogP contribution is -2.23. The lowest BCUT2D eigenvalue weighted by atomic mass is 10.2. The molecule has 0 fully saturated rings. The fourth-order valence-corrected chi connectivity index (χ4v) is 2.33. The highest BCUT2D eigenvalue weighted by molar-refractivity contribution is 9.10. The van der Waals surface area contributed by atoms with Gasteiger partial charge in [-0.05, 0) is 34.5 Å². The molecule has 0 aliphatic rings. The van der Waals surface area contributed by atoms with E-state index in [9.17, 15) is 4.39 Å². The molecule has 0 saturated carbocycles. The maximum Gasteiger partial charge on any atom is 0.139 e. The van der Waals surface area contributed by atoms with Gasteiger partial charge in [-0.15, -0.1) is 0 Å². The maximum atomic E-state index is 13.4. The van der Waals surface area contributed by atoms with Crippen molar-refractivity contribution in [2.75, 3.05) is 17.2 Å². The third-order valence-corrected chi connectivity index (χ3v) is 3.62. The molecule has 19 heavy (non-hydrogen) atoms. The van der Waals surface area contributed by atoms with E-state index in [1.165, 1.54) is 11.6 Å². The Morgan fingerprint density at radius 3 is 2.53 bits per heavy atom. The van der Waals surface area contributed by atoms with Crippen LogP contribution in [0.3, 0.4) is 0 Å². The molecule has 0 saturated heterocycles. The van der Waals surface area contributed by atoms with Gasteiger partial charge in [0.15, 0.2) is 0 Å². The first-order chi connectivity index (χ1) is 9.11. The Morgan fingerprint density at radius 2 is 1.89 bits per heavy atom. The maximum absolute atomic E-state index is 13.4. The van der Waals surface area contributed by atoms with Crippen LogP contribution in [-0.2, 0) is 6.54 Å². The molecule has 2 N–H and O–H groups in total. The standard InChI is InChI=1S/C15H16BrFN2/c1-2-19(10-11-6-4-3-5-7-11)15-8-12(16)13(17)9-14(15)18/h3-9H,2,10,18H2,1H3. The molecule has 0 amide bonds. The Bertz CT molecular complexity index is 558. The molecule has 100 valence electrons. The van der Waals surface area contributed by atoms with Crippen LogP contribution < -0.4 is 10.6 Å². The molecule has 0 aromatic heterocycles. The molecule has 2 nitrogen and oxygen atoms in total. The number of nitrogen functional groups attached to an aromatic ring is 1. The van der Waals surface area contributed by atoms with Crippen LogP contribution in [0, 0.1) is 5.82 Å². The second-order valence-corrected chi connectivity index (χ2v) is 5.18. The summed E-state index contributed by atoms with van der Waals surface area (Å²) in [6.07, 6.45) is 0. The van der Waals surface area contributed by atoms with Gasteiger partial charge < -0.3 is 10.6 Å². The first kappa shape index (κ1) is 13.9. The zero-order valence-corrected chi connectivity index (χ0v) is 12.3. The number of anilines is 2. The Morgan fingerprint density at radius 1 is 1.21 bits per heavy atom. The number of benzene rings is 2. The third kappa shape index (κ3) is 3.26. The lowest BCUT2D eigenvalue weighted by Gasteiger charge is -2.25. The highest BCUT2D eigenvalue weighted by atomic mass is 79.9. The number of hydrogen-bond donors (Lipinski definition) is 1. The molecule has 0 bridgehead atoms. The fourth-order valence-electron chi connectivity index (χ4n) is 2.00. The summed E-state index contributed by atoms with van der Waals surface area (Å²) < 4.78 is 13.8. The zero-order chi connectivity index (χ0) is 13.8. The summed E-state index contributed by atoms with van der Waals surface area (Å²) in [6, 6.07) is 13.2. The van der Waals surface area contributed by atoms with E-state index in [2.05, 4.69) is 39.9 Å². The Hall–Kier alpha value is -1.55. The van der Waals surface area contributed by atoms with Gasteiger partial charge in [0, 0.05) is 19.2 Å². The molecule has 2 rings (SSSR count). The summed E-state index contributed by atoms with van der Waals surface area (Å²) in [7, 11) is 0. The van der Waals surface area contributed by atoms with Crippen molar-refractivity contribution in [3.63, 3.8) is 0 Å². The first-order valence-corrected chi connectivity index (χ1v) is 6.94. The first-order valence-electron chi connectivity index (χ1n) is 6.15. The average molecular weight is 323 g/mol. The van der Waals surface area contributed by atoms with Crippen LogP contribution in [0.4, 0.5) is 15.8 Å². The van der Waals surface area contributed by atoms with Gasteiger partial charge in [-0.1, -0.05) is 30.3 Å². The second kappa shape index (κ2) is 6.06.